The van der Waals surface area contributed by atoms with Crippen molar-refractivity contribution < 1.29 is 0 Å². The minimum absolute atomic E-state index is 0.559. The summed E-state index contributed by atoms with van der Waals surface area (Å²) in [6.07, 6.45) is 9.70. The zero-order valence-corrected chi connectivity index (χ0v) is 9.87. The van der Waals surface area contributed by atoms with Gasteiger partial charge in [0.1, 0.15) is 0 Å². The van der Waals surface area contributed by atoms with Crippen LogP contribution in [0.15, 0.2) is 24.3 Å². The largest absolute Gasteiger partial charge is 0.317 e. The van der Waals surface area contributed by atoms with Crippen LogP contribution in [0.5, 0.6) is 0 Å². The Labute approximate surface area is 98.3 Å². The van der Waals surface area contributed by atoms with E-state index in [9.17, 15) is 0 Å². The molecule has 1 heteroatoms. The average Bonchev–Trinajstić information content (AvgIpc) is 2.73. The second-order valence-electron chi connectivity index (χ2n) is 4.58. The number of fused-ring (bicyclic) bond motifs is 1. The van der Waals surface area contributed by atoms with Crippen LogP contribution in [0.1, 0.15) is 24.0 Å². The van der Waals surface area contributed by atoms with Gasteiger partial charge in [-0.3, -0.25) is 0 Å². The highest BCUT2D eigenvalue weighted by Gasteiger charge is 2.26. The molecule has 0 spiro atoms. The second kappa shape index (κ2) is 5.18. The first-order valence-corrected chi connectivity index (χ1v) is 6.02. The molecule has 0 aromatic heterocycles. The first kappa shape index (κ1) is 11.2. The number of hydrogen-bond acceptors (Lipinski definition) is 1. The van der Waals surface area contributed by atoms with Crippen molar-refractivity contribution in [2.45, 2.75) is 31.7 Å². The van der Waals surface area contributed by atoms with Crippen molar-refractivity contribution in [2.24, 2.45) is 5.92 Å². The van der Waals surface area contributed by atoms with Gasteiger partial charge in [0, 0.05) is 12.5 Å². The molecule has 0 saturated heterocycles. The van der Waals surface area contributed by atoms with E-state index in [0.29, 0.717) is 6.04 Å². The maximum absolute atomic E-state index is 5.34. The molecule has 1 aromatic rings. The lowest BCUT2D eigenvalue weighted by molar-refractivity contribution is 0.369. The van der Waals surface area contributed by atoms with Crippen LogP contribution in [0.4, 0.5) is 0 Å². The second-order valence-corrected chi connectivity index (χ2v) is 4.58. The molecule has 1 N–H and O–H groups in total. The van der Waals surface area contributed by atoms with E-state index in [4.69, 9.17) is 6.42 Å². The molecule has 1 aliphatic carbocycles. The van der Waals surface area contributed by atoms with E-state index in [1.54, 1.807) is 0 Å². The van der Waals surface area contributed by atoms with E-state index >= 15 is 0 Å². The van der Waals surface area contributed by atoms with Crippen molar-refractivity contribution in [3.05, 3.63) is 35.4 Å². The molecule has 1 nitrogen and oxygen atoms in total. The molecule has 0 aliphatic heterocycles. The van der Waals surface area contributed by atoms with Crippen LogP contribution in [-0.2, 0) is 12.8 Å². The molecule has 0 fully saturated rings. The molecule has 0 heterocycles. The van der Waals surface area contributed by atoms with Crippen LogP contribution < -0.4 is 5.32 Å². The van der Waals surface area contributed by atoms with E-state index in [2.05, 4.69) is 35.5 Å². The lowest BCUT2D eigenvalue weighted by Crippen LogP contribution is -2.33. The lowest BCUT2D eigenvalue weighted by Gasteiger charge is -2.21. The summed E-state index contributed by atoms with van der Waals surface area (Å²) in [4.78, 5) is 0. The molecule has 1 aromatic carbocycles. The first-order chi connectivity index (χ1) is 7.85. The molecule has 1 aliphatic rings. The third-order valence-corrected chi connectivity index (χ3v) is 3.62. The van der Waals surface area contributed by atoms with E-state index in [1.807, 2.05) is 7.05 Å². The normalized spacial score (nSPS) is 16.8. The summed E-state index contributed by atoms with van der Waals surface area (Å²) in [6.45, 7) is 0. The summed E-state index contributed by atoms with van der Waals surface area (Å²) >= 11 is 0. The predicted molar refractivity (Wildman–Crippen MR) is 68.3 cm³/mol. The van der Waals surface area contributed by atoms with Crippen molar-refractivity contribution in [2.75, 3.05) is 7.05 Å². The smallest absolute Gasteiger partial charge is 0.0108 e. The summed E-state index contributed by atoms with van der Waals surface area (Å²) < 4.78 is 0. The van der Waals surface area contributed by atoms with Gasteiger partial charge in [-0.1, -0.05) is 24.3 Å². The topological polar surface area (TPSA) is 12.0 Å². The third-order valence-electron chi connectivity index (χ3n) is 3.62. The van der Waals surface area contributed by atoms with Gasteiger partial charge in [-0.05, 0) is 43.4 Å². The molecule has 0 radical (unpaired) electrons. The van der Waals surface area contributed by atoms with E-state index in [1.165, 1.54) is 24.0 Å². The molecule has 0 amide bonds. The SMILES string of the molecule is C#CCCC(NC)C1Cc2ccccc2C1. The van der Waals surface area contributed by atoms with Crippen LogP contribution in [0.25, 0.3) is 0 Å². The molecule has 2 rings (SSSR count). The summed E-state index contributed by atoms with van der Waals surface area (Å²) in [7, 11) is 2.05. The summed E-state index contributed by atoms with van der Waals surface area (Å²) in [5.74, 6) is 3.46. The molecular weight excluding hydrogens is 194 g/mol. The number of nitrogens with one attached hydrogen (secondary N) is 1. The van der Waals surface area contributed by atoms with Crippen LogP contribution >= 0.6 is 0 Å². The Kier molecular flexibility index (Phi) is 3.64. The van der Waals surface area contributed by atoms with Gasteiger partial charge in [0.05, 0.1) is 0 Å². The van der Waals surface area contributed by atoms with Crippen molar-refractivity contribution in [3.63, 3.8) is 0 Å². The zero-order chi connectivity index (χ0) is 11.4. The fraction of sp³-hybridized carbons (Fsp3) is 0.467. The fourth-order valence-electron chi connectivity index (χ4n) is 2.73. The average molecular weight is 213 g/mol. The van der Waals surface area contributed by atoms with E-state index in [-0.39, 0.29) is 0 Å². The van der Waals surface area contributed by atoms with Gasteiger partial charge < -0.3 is 5.32 Å². The maximum atomic E-state index is 5.34. The summed E-state index contributed by atoms with van der Waals surface area (Å²) in [6, 6.07) is 9.34. The van der Waals surface area contributed by atoms with Gasteiger partial charge in [0.2, 0.25) is 0 Å². The number of terminal acetylenes is 1. The Balaban J connectivity index is 2.01. The highest BCUT2D eigenvalue weighted by Crippen LogP contribution is 2.29. The van der Waals surface area contributed by atoms with Gasteiger partial charge in [0.25, 0.3) is 0 Å². The van der Waals surface area contributed by atoms with Gasteiger partial charge >= 0.3 is 0 Å². The minimum atomic E-state index is 0.559. The zero-order valence-electron chi connectivity index (χ0n) is 9.87. The van der Waals surface area contributed by atoms with Gasteiger partial charge in [-0.15, -0.1) is 12.3 Å². The quantitative estimate of drug-likeness (QED) is 0.757. The Hall–Kier alpha value is -1.26. The lowest BCUT2D eigenvalue weighted by atomic mass is 9.93. The molecule has 16 heavy (non-hydrogen) atoms. The van der Waals surface area contributed by atoms with Crippen LogP contribution in [0, 0.1) is 18.3 Å². The third kappa shape index (κ3) is 2.28. The number of benzene rings is 1. The summed E-state index contributed by atoms with van der Waals surface area (Å²) in [5.41, 5.74) is 3.04. The Morgan fingerprint density at radius 1 is 1.38 bits per heavy atom. The van der Waals surface area contributed by atoms with E-state index in [0.717, 1.165) is 18.8 Å². The van der Waals surface area contributed by atoms with Gasteiger partial charge in [0.15, 0.2) is 0 Å². The molecule has 1 atom stereocenters. The highest BCUT2D eigenvalue weighted by atomic mass is 14.9. The molecule has 84 valence electrons. The minimum Gasteiger partial charge on any atom is -0.317 e. The summed E-state index contributed by atoms with van der Waals surface area (Å²) in [5, 5.41) is 3.42. The van der Waals surface area contributed by atoms with Crippen molar-refractivity contribution in [3.8, 4) is 12.3 Å². The van der Waals surface area contributed by atoms with Crippen molar-refractivity contribution in [1.29, 1.82) is 0 Å². The van der Waals surface area contributed by atoms with Crippen LogP contribution in [0.2, 0.25) is 0 Å². The fourth-order valence-corrected chi connectivity index (χ4v) is 2.73. The van der Waals surface area contributed by atoms with Gasteiger partial charge in [-0.25, -0.2) is 0 Å². The maximum Gasteiger partial charge on any atom is 0.0108 e. The first-order valence-electron chi connectivity index (χ1n) is 6.02. The monoisotopic (exact) mass is 213 g/mol. The molecular formula is C15H19N. The van der Waals surface area contributed by atoms with Crippen LogP contribution in [-0.4, -0.2) is 13.1 Å². The van der Waals surface area contributed by atoms with E-state index < -0.39 is 0 Å². The molecule has 1 unspecified atom stereocenters. The predicted octanol–water partition coefficient (Wildman–Crippen LogP) is 2.40. The van der Waals surface area contributed by atoms with Crippen molar-refractivity contribution >= 4 is 0 Å². The standard InChI is InChI=1S/C15H19N/c1-3-4-9-15(16-2)14-10-12-7-5-6-8-13(12)11-14/h1,5-8,14-16H,4,9-11H2,2H3. The molecule has 0 bridgehead atoms. The Morgan fingerprint density at radius 3 is 2.50 bits per heavy atom. The van der Waals surface area contributed by atoms with Crippen molar-refractivity contribution in [1.82, 2.24) is 5.32 Å². The number of rotatable bonds is 4. The molecule has 0 saturated carbocycles. The van der Waals surface area contributed by atoms with Gasteiger partial charge in [-0.2, -0.15) is 0 Å². The highest BCUT2D eigenvalue weighted by molar-refractivity contribution is 5.32. The number of hydrogen-bond donors (Lipinski definition) is 1. The Morgan fingerprint density at radius 2 is 2.00 bits per heavy atom. The Bertz CT molecular complexity index is 364. The van der Waals surface area contributed by atoms with Crippen LogP contribution in [0.3, 0.4) is 0 Å².